The molecule has 1 saturated heterocycles. The van der Waals surface area contributed by atoms with Crippen LogP contribution in [-0.2, 0) is 9.59 Å². The third kappa shape index (κ3) is 7.29. The molecular formula is C18H34N4O4. The highest BCUT2D eigenvalue weighted by Crippen LogP contribution is 2.21. The van der Waals surface area contributed by atoms with Gasteiger partial charge in [0.15, 0.2) is 5.78 Å². The molecule has 0 aromatic carbocycles. The minimum atomic E-state index is -0.583. The summed E-state index contributed by atoms with van der Waals surface area (Å²) in [7, 11) is 1.54. The van der Waals surface area contributed by atoms with Crippen molar-refractivity contribution in [2.75, 3.05) is 26.7 Å². The molecule has 0 bridgehead atoms. The van der Waals surface area contributed by atoms with E-state index < -0.39 is 17.9 Å². The Morgan fingerprint density at radius 3 is 2.54 bits per heavy atom. The lowest BCUT2D eigenvalue weighted by molar-refractivity contribution is -0.136. The molecule has 3 amide bonds. The molecule has 0 aromatic rings. The van der Waals surface area contributed by atoms with Crippen LogP contribution in [-0.4, -0.2) is 60.6 Å². The van der Waals surface area contributed by atoms with Gasteiger partial charge in [-0.3, -0.25) is 14.8 Å². The minimum absolute atomic E-state index is 0.0532. The zero-order chi connectivity index (χ0) is 19.4. The lowest BCUT2D eigenvalue weighted by atomic mass is 9.88. The van der Waals surface area contributed by atoms with Crippen molar-refractivity contribution in [3.63, 3.8) is 0 Å². The maximum absolute atomic E-state index is 13.0. The number of rotatable bonds is 11. The zero-order valence-corrected chi connectivity index (χ0v) is 16.1. The minimum Gasteiger partial charge on any atom is -0.341 e. The van der Waals surface area contributed by atoms with Crippen LogP contribution in [0.15, 0.2) is 0 Å². The van der Waals surface area contributed by atoms with Gasteiger partial charge >= 0.3 is 6.03 Å². The summed E-state index contributed by atoms with van der Waals surface area (Å²) in [6.45, 7) is 3.64. The summed E-state index contributed by atoms with van der Waals surface area (Å²) < 4.78 is 0. The second kappa shape index (κ2) is 12.6. The van der Waals surface area contributed by atoms with E-state index in [9.17, 15) is 14.4 Å². The van der Waals surface area contributed by atoms with Crippen LogP contribution in [0.1, 0.15) is 58.3 Å². The highest BCUT2D eigenvalue weighted by atomic mass is 16.5. The monoisotopic (exact) mass is 370 g/mol. The van der Waals surface area contributed by atoms with Crippen LogP contribution in [0.5, 0.6) is 0 Å². The molecular weight excluding hydrogens is 336 g/mol. The summed E-state index contributed by atoms with van der Waals surface area (Å²) in [4.78, 5) is 38.2. The van der Waals surface area contributed by atoms with E-state index in [2.05, 4.69) is 17.6 Å². The Labute approximate surface area is 156 Å². The number of urea groups is 1. The third-order valence-electron chi connectivity index (χ3n) is 4.91. The lowest BCUT2D eigenvalue weighted by Crippen LogP contribution is -2.60. The first-order valence-electron chi connectivity index (χ1n) is 9.70. The van der Waals surface area contributed by atoms with Crippen LogP contribution in [0.2, 0.25) is 0 Å². The fourth-order valence-corrected chi connectivity index (χ4v) is 3.40. The Balaban J connectivity index is 2.68. The third-order valence-corrected chi connectivity index (χ3v) is 4.91. The van der Waals surface area contributed by atoms with Gasteiger partial charge in [-0.15, -0.1) is 0 Å². The van der Waals surface area contributed by atoms with Crippen molar-refractivity contribution in [1.82, 2.24) is 21.0 Å². The van der Waals surface area contributed by atoms with Crippen molar-refractivity contribution < 1.29 is 19.6 Å². The first-order valence-corrected chi connectivity index (χ1v) is 9.70. The smallest absolute Gasteiger partial charge is 0.317 e. The number of hydroxylamine groups is 1. The molecule has 26 heavy (non-hydrogen) atoms. The first-order chi connectivity index (χ1) is 12.5. The number of Topliss-reactive ketones (excluding diaryl/α,β-unsaturated/α-hetero) is 1. The van der Waals surface area contributed by atoms with E-state index in [0.717, 1.165) is 19.3 Å². The van der Waals surface area contributed by atoms with Gasteiger partial charge < -0.3 is 15.5 Å². The van der Waals surface area contributed by atoms with Gasteiger partial charge in [-0.1, -0.05) is 45.4 Å². The molecule has 1 unspecified atom stereocenters. The van der Waals surface area contributed by atoms with E-state index >= 15 is 0 Å². The summed E-state index contributed by atoms with van der Waals surface area (Å²) in [5.74, 6) is -1.17. The molecule has 0 radical (unpaired) electrons. The summed E-state index contributed by atoms with van der Waals surface area (Å²) in [5, 5.41) is 14.5. The maximum Gasteiger partial charge on any atom is 0.317 e. The standard InChI is InChI=1S/C18H34N4O4/c1-3-4-5-6-7-8-9-14(12-16(23)21-26)17(24)15-13-20-10-11-22(15)18(25)19-2/h14-15,20,26H,3-13H2,1-2H3,(H,19,25)(H,21,23)/t14?,15-/m0/s1. The second-order valence-corrected chi connectivity index (χ2v) is 6.86. The van der Waals surface area contributed by atoms with Gasteiger partial charge in [0.2, 0.25) is 5.91 Å². The van der Waals surface area contributed by atoms with Gasteiger partial charge in [0.1, 0.15) is 6.04 Å². The van der Waals surface area contributed by atoms with Crippen molar-refractivity contribution in [2.24, 2.45) is 5.92 Å². The van der Waals surface area contributed by atoms with Crippen LogP contribution in [0.3, 0.4) is 0 Å². The second-order valence-electron chi connectivity index (χ2n) is 6.86. The lowest BCUT2D eigenvalue weighted by Gasteiger charge is -2.36. The average molecular weight is 370 g/mol. The molecule has 0 saturated carbocycles. The molecule has 4 N–H and O–H groups in total. The number of nitrogens with zero attached hydrogens (tertiary/aromatic N) is 1. The average Bonchev–Trinajstić information content (AvgIpc) is 2.68. The molecule has 0 aliphatic carbocycles. The van der Waals surface area contributed by atoms with Gasteiger partial charge in [0.05, 0.1) is 0 Å². The normalized spacial score (nSPS) is 18.3. The fourth-order valence-electron chi connectivity index (χ4n) is 3.40. The Morgan fingerprint density at radius 2 is 1.88 bits per heavy atom. The molecule has 1 fully saturated rings. The predicted octanol–water partition coefficient (Wildman–Crippen LogP) is 1.43. The number of hydrogen-bond donors (Lipinski definition) is 4. The van der Waals surface area contributed by atoms with Gasteiger partial charge in [-0.25, -0.2) is 10.3 Å². The van der Waals surface area contributed by atoms with E-state index in [1.54, 1.807) is 12.5 Å². The number of carbonyl (C=O) groups excluding carboxylic acids is 3. The quantitative estimate of drug-likeness (QED) is 0.250. The van der Waals surface area contributed by atoms with Crippen molar-refractivity contribution in [3.8, 4) is 0 Å². The number of unbranched alkanes of at least 4 members (excludes halogenated alkanes) is 5. The zero-order valence-electron chi connectivity index (χ0n) is 16.1. The molecule has 0 aromatic heterocycles. The summed E-state index contributed by atoms with van der Waals surface area (Å²) in [5.41, 5.74) is 1.62. The topological polar surface area (TPSA) is 111 Å². The fraction of sp³-hybridized carbons (Fsp3) is 0.833. The number of hydrogen-bond acceptors (Lipinski definition) is 5. The highest BCUT2D eigenvalue weighted by Gasteiger charge is 2.36. The van der Waals surface area contributed by atoms with Crippen molar-refractivity contribution in [1.29, 1.82) is 0 Å². The molecule has 1 aliphatic heterocycles. The Kier molecular flexibility index (Phi) is 10.9. The van der Waals surface area contributed by atoms with Crippen LogP contribution < -0.4 is 16.1 Å². The van der Waals surface area contributed by atoms with Gasteiger partial charge in [0.25, 0.3) is 0 Å². The molecule has 1 rings (SSSR count). The van der Waals surface area contributed by atoms with E-state index in [4.69, 9.17) is 5.21 Å². The molecule has 2 atom stereocenters. The van der Waals surface area contributed by atoms with Crippen LogP contribution in [0.25, 0.3) is 0 Å². The maximum atomic E-state index is 13.0. The molecule has 150 valence electrons. The van der Waals surface area contributed by atoms with Crippen LogP contribution in [0.4, 0.5) is 4.79 Å². The molecule has 1 heterocycles. The predicted molar refractivity (Wildman–Crippen MR) is 98.9 cm³/mol. The van der Waals surface area contributed by atoms with Gasteiger partial charge in [0, 0.05) is 39.0 Å². The van der Waals surface area contributed by atoms with Crippen molar-refractivity contribution >= 4 is 17.7 Å². The van der Waals surface area contributed by atoms with E-state index in [0.29, 0.717) is 26.1 Å². The van der Waals surface area contributed by atoms with E-state index in [1.165, 1.54) is 24.2 Å². The van der Waals surface area contributed by atoms with Crippen LogP contribution >= 0.6 is 0 Å². The van der Waals surface area contributed by atoms with Gasteiger partial charge in [-0.2, -0.15) is 0 Å². The summed E-state index contributed by atoms with van der Waals surface area (Å²) in [6, 6.07) is -0.866. The first kappa shape index (κ1) is 22.4. The van der Waals surface area contributed by atoms with E-state index in [-0.39, 0.29) is 18.2 Å². The Hall–Kier alpha value is -1.67. The number of nitrogens with one attached hydrogen (secondary N) is 3. The van der Waals surface area contributed by atoms with E-state index in [1.807, 2.05) is 0 Å². The molecule has 8 nitrogen and oxygen atoms in total. The number of amides is 3. The molecule has 8 heteroatoms. The Morgan fingerprint density at radius 1 is 1.19 bits per heavy atom. The number of ketones is 1. The number of piperazine rings is 1. The summed E-state index contributed by atoms with van der Waals surface area (Å²) >= 11 is 0. The SMILES string of the molecule is CCCCCCCCC(CC(=O)NO)C(=O)[C@@H]1CNCCN1C(=O)NC. The summed E-state index contributed by atoms with van der Waals surface area (Å²) in [6.07, 6.45) is 7.12. The van der Waals surface area contributed by atoms with Crippen molar-refractivity contribution in [3.05, 3.63) is 0 Å². The highest BCUT2D eigenvalue weighted by molar-refractivity contribution is 5.93. The largest absolute Gasteiger partial charge is 0.341 e. The molecule has 0 spiro atoms. The van der Waals surface area contributed by atoms with Crippen molar-refractivity contribution in [2.45, 2.75) is 64.3 Å². The molecule has 1 aliphatic rings. The van der Waals surface area contributed by atoms with Crippen LogP contribution in [0, 0.1) is 5.92 Å². The Bertz CT molecular complexity index is 458. The van der Waals surface area contributed by atoms with Gasteiger partial charge in [-0.05, 0) is 6.42 Å². The number of carbonyl (C=O) groups is 3.